The topological polar surface area (TPSA) is 49.3 Å². The molecule has 88 valence electrons. The van der Waals surface area contributed by atoms with Gasteiger partial charge in [0.25, 0.3) is 0 Å². The molecule has 0 aliphatic heterocycles. The number of hydrogen-bond acceptors (Lipinski definition) is 2. The molecule has 0 saturated heterocycles. The van der Waals surface area contributed by atoms with Crippen LogP contribution in [0.25, 0.3) is 0 Å². The molecule has 15 heavy (non-hydrogen) atoms. The number of carbonyl (C=O) groups is 1. The lowest BCUT2D eigenvalue weighted by Gasteiger charge is -2.42. The van der Waals surface area contributed by atoms with E-state index in [0.717, 1.165) is 32.2 Å². The molecule has 1 fully saturated rings. The van der Waals surface area contributed by atoms with Crippen molar-refractivity contribution in [1.29, 1.82) is 0 Å². The summed E-state index contributed by atoms with van der Waals surface area (Å²) in [6.45, 7) is 5.23. The molecule has 0 heterocycles. The van der Waals surface area contributed by atoms with Crippen molar-refractivity contribution in [3.05, 3.63) is 0 Å². The third-order valence-electron chi connectivity index (χ3n) is 3.65. The van der Waals surface area contributed by atoms with Crippen LogP contribution in [0.1, 0.15) is 52.4 Å². The number of aliphatic carboxylic acids is 1. The van der Waals surface area contributed by atoms with Gasteiger partial charge in [0.1, 0.15) is 0 Å². The van der Waals surface area contributed by atoms with Crippen molar-refractivity contribution in [3.8, 4) is 0 Å². The van der Waals surface area contributed by atoms with Crippen molar-refractivity contribution < 1.29 is 9.90 Å². The Morgan fingerprint density at radius 2 is 2.27 bits per heavy atom. The molecule has 2 atom stereocenters. The fraction of sp³-hybridized carbons (Fsp3) is 0.917. The first-order valence-electron chi connectivity index (χ1n) is 6.07. The number of carboxylic acid groups (broad SMARTS) is 1. The maximum atomic E-state index is 10.9. The Balaban J connectivity index is 2.68. The van der Waals surface area contributed by atoms with Crippen LogP contribution in [0.5, 0.6) is 0 Å². The van der Waals surface area contributed by atoms with Gasteiger partial charge < -0.3 is 10.4 Å². The van der Waals surface area contributed by atoms with Crippen LogP contribution in [0.4, 0.5) is 0 Å². The van der Waals surface area contributed by atoms with Gasteiger partial charge in [-0.3, -0.25) is 4.79 Å². The van der Waals surface area contributed by atoms with Crippen molar-refractivity contribution in [2.45, 2.75) is 57.9 Å². The molecule has 1 aliphatic carbocycles. The third kappa shape index (κ3) is 3.20. The average Bonchev–Trinajstić information content (AvgIpc) is 2.18. The minimum Gasteiger partial charge on any atom is -0.481 e. The van der Waals surface area contributed by atoms with E-state index >= 15 is 0 Å². The molecule has 0 amide bonds. The minimum atomic E-state index is -0.674. The number of carboxylic acids is 1. The van der Waals surface area contributed by atoms with E-state index in [1.54, 1.807) is 0 Å². The van der Waals surface area contributed by atoms with Crippen LogP contribution >= 0.6 is 0 Å². The summed E-state index contributed by atoms with van der Waals surface area (Å²) in [5.41, 5.74) is -0.139. The van der Waals surface area contributed by atoms with E-state index in [9.17, 15) is 4.79 Å². The van der Waals surface area contributed by atoms with Gasteiger partial charge in [0.15, 0.2) is 0 Å². The lowest BCUT2D eigenvalue weighted by atomic mass is 9.71. The molecule has 0 radical (unpaired) electrons. The molecule has 1 aliphatic rings. The second-order valence-corrected chi connectivity index (χ2v) is 4.80. The molecular weight excluding hydrogens is 190 g/mol. The molecular formula is C12H23NO2. The highest BCUT2D eigenvalue weighted by Crippen LogP contribution is 2.36. The van der Waals surface area contributed by atoms with Crippen molar-refractivity contribution in [2.24, 2.45) is 5.92 Å². The molecule has 0 spiro atoms. The Morgan fingerprint density at radius 1 is 1.53 bits per heavy atom. The molecule has 0 aromatic carbocycles. The van der Waals surface area contributed by atoms with E-state index in [1.807, 2.05) is 0 Å². The molecule has 0 aromatic rings. The quantitative estimate of drug-likeness (QED) is 0.737. The van der Waals surface area contributed by atoms with Crippen molar-refractivity contribution >= 4 is 5.97 Å². The van der Waals surface area contributed by atoms with Crippen LogP contribution in [0.3, 0.4) is 0 Å². The van der Waals surface area contributed by atoms with Gasteiger partial charge in [-0.15, -0.1) is 0 Å². The SMILES string of the molecule is CCCNC1(CC(=O)O)CCCCC1C. The number of nitrogens with one attached hydrogen (secondary N) is 1. The summed E-state index contributed by atoms with van der Waals surface area (Å²) >= 11 is 0. The molecule has 1 rings (SSSR count). The fourth-order valence-corrected chi connectivity index (χ4v) is 2.65. The number of hydrogen-bond donors (Lipinski definition) is 2. The van der Waals surface area contributed by atoms with E-state index in [4.69, 9.17) is 5.11 Å². The first-order valence-corrected chi connectivity index (χ1v) is 6.07. The third-order valence-corrected chi connectivity index (χ3v) is 3.65. The Bertz CT molecular complexity index is 218. The molecule has 3 nitrogen and oxygen atoms in total. The first-order chi connectivity index (χ1) is 7.10. The molecule has 3 heteroatoms. The highest BCUT2D eigenvalue weighted by atomic mass is 16.4. The van der Waals surface area contributed by atoms with E-state index < -0.39 is 5.97 Å². The van der Waals surface area contributed by atoms with Gasteiger partial charge in [-0.05, 0) is 31.7 Å². The zero-order chi connectivity index (χ0) is 11.3. The van der Waals surface area contributed by atoms with Crippen LogP contribution in [-0.2, 0) is 4.79 Å². The summed E-state index contributed by atoms with van der Waals surface area (Å²) in [6.07, 6.45) is 5.91. The molecule has 2 N–H and O–H groups in total. The summed E-state index contributed by atoms with van der Waals surface area (Å²) in [5.74, 6) is -0.193. The van der Waals surface area contributed by atoms with Crippen LogP contribution in [0.15, 0.2) is 0 Å². The van der Waals surface area contributed by atoms with Gasteiger partial charge in [0.2, 0.25) is 0 Å². The van der Waals surface area contributed by atoms with E-state index in [0.29, 0.717) is 5.92 Å². The highest BCUT2D eigenvalue weighted by molar-refractivity contribution is 5.68. The summed E-state index contributed by atoms with van der Waals surface area (Å²) in [6, 6.07) is 0. The van der Waals surface area contributed by atoms with Gasteiger partial charge in [0, 0.05) is 5.54 Å². The zero-order valence-corrected chi connectivity index (χ0v) is 9.88. The maximum absolute atomic E-state index is 10.9. The Kier molecular flexibility index (Phi) is 4.58. The van der Waals surface area contributed by atoms with Gasteiger partial charge in [-0.2, -0.15) is 0 Å². The zero-order valence-electron chi connectivity index (χ0n) is 9.88. The second-order valence-electron chi connectivity index (χ2n) is 4.80. The van der Waals surface area contributed by atoms with E-state index in [-0.39, 0.29) is 12.0 Å². The average molecular weight is 213 g/mol. The lowest BCUT2D eigenvalue weighted by Crippen LogP contribution is -2.53. The largest absolute Gasteiger partial charge is 0.481 e. The van der Waals surface area contributed by atoms with Crippen molar-refractivity contribution in [3.63, 3.8) is 0 Å². The van der Waals surface area contributed by atoms with Crippen LogP contribution in [-0.4, -0.2) is 23.2 Å². The smallest absolute Gasteiger partial charge is 0.305 e. The summed E-state index contributed by atoms with van der Waals surface area (Å²) in [5, 5.41) is 12.5. The molecule has 0 aromatic heterocycles. The molecule has 0 bridgehead atoms. The lowest BCUT2D eigenvalue weighted by molar-refractivity contribution is -0.139. The Hall–Kier alpha value is -0.570. The predicted octanol–water partition coefficient (Wildman–Crippen LogP) is 2.41. The van der Waals surface area contributed by atoms with E-state index in [1.165, 1.54) is 6.42 Å². The normalized spacial score (nSPS) is 31.5. The molecule has 1 saturated carbocycles. The van der Waals surface area contributed by atoms with Crippen LogP contribution < -0.4 is 5.32 Å². The summed E-state index contributed by atoms with van der Waals surface area (Å²) in [4.78, 5) is 10.9. The highest BCUT2D eigenvalue weighted by Gasteiger charge is 2.39. The first kappa shape index (κ1) is 12.5. The van der Waals surface area contributed by atoms with Crippen molar-refractivity contribution in [1.82, 2.24) is 5.32 Å². The van der Waals surface area contributed by atoms with Gasteiger partial charge in [-0.25, -0.2) is 0 Å². The Labute approximate surface area is 92.3 Å². The number of rotatable bonds is 5. The van der Waals surface area contributed by atoms with Crippen molar-refractivity contribution in [2.75, 3.05) is 6.54 Å². The standard InChI is InChI=1S/C12H23NO2/c1-3-8-13-12(9-11(14)15)7-5-4-6-10(12)2/h10,13H,3-9H2,1-2H3,(H,14,15). The van der Waals surface area contributed by atoms with Crippen LogP contribution in [0.2, 0.25) is 0 Å². The maximum Gasteiger partial charge on any atom is 0.305 e. The minimum absolute atomic E-state index is 0.139. The Morgan fingerprint density at radius 3 is 2.80 bits per heavy atom. The van der Waals surface area contributed by atoms with Crippen LogP contribution in [0, 0.1) is 5.92 Å². The molecule has 2 unspecified atom stereocenters. The summed E-state index contributed by atoms with van der Waals surface area (Å²) < 4.78 is 0. The van der Waals surface area contributed by atoms with E-state index in [2.05, 4.69) is 19.2 Å². The van der Waals surface area contributed by atoms with Gasteiger partial charge in [0.05, 0.1) is 6.42 Å². The predicted molar refractivity (Wildman–Crippen MR) is 60.9 cm³/mol. The summed E-state index contributed by atoms with van der Waals surface area (Å²) in [7, 11) is 0. The monoisotopic (exact) mass is 213 g/mol. The van der Waals surface area contributed by atoms with Gasteiger partial charge in [-0.1, -0.05) is 26.7 Å². The second kappa shape index (κ2) is 5.50. The fourth-order valence-electron chi connectivity index (χ4n) is 2.65. The van der Waals surface area contributed by atoms with Gasteiger partial charge >= 0.3 is 5.97 Å².